The second-order valence-corrected chi connectivity index (χ2v) is 25.1. The fourth-order valence-corrected chi connectivity index (χ4v) is 15.9. The van der Waals surface area contributed by atoms with Gasteiger partial charge in [0.15, 0.2) is 5.78 Å². The van der Waals surface area contributed by atoms with Gasteiger partial charge in [-0.25, -0.2) is 0 Å². The van der Waals surface area contributed by atoms with Crippen LogP contribution in [0.2, 0.25) is 0 Å². The molecule has 61 heavy (non-hydrogen) atoms. The number of ketones is 1. The highest BCUT2D eigenvalue weighted by Crippen LogP contribution is 2.79. The van der Waals surface area contributed by atoms with Gasteiger partial charge in [-0.2, -0.15) is 0 Å². The molecule has 6 aliphatic carbocycles. The summed E-state index contributed by atoms with van der Waals surface area (Å²) in [5, 5.41) is 15.9. The molecule has 336 valence electrons. The van der Waals surface area contributed by atoms with Gasteiger partial charge in [0.2, 0.25) is 5.91 Å². The van der Waals surface area contributed by atoms with Crippen molar-refractivity contribution in [1.82, 2.24) is 15.6 Å². The third-order valence-corrected chi connectivity index (χ3v) is 21.8. The molecule has 1 aromatic heterocycles. The van der Waals surface area contributed by atoms with Crippen LogP contribution in [0.25, 0.3) is 0 Å². The fraction of sp³-hybridized carbons (Fsp3) is 0.760. The second-order valence-electron chi connectivity index (χ2n) is 23.3. The van der Waals surface area contributed by atoms with E-state index in [0.29, 0.717) is 24.5 Å². The van der Waals surface area contributed by atoms with E-state index in [1.807, 2.05) is 40.7 Å². The lowest BCUT2D eigenvalue weighted by molar-refractivity contribution is -0.221. The Kier molecular flexibility index (Phi) is 11.5. The number of carbonyl (C=O) groups is 5. The molecule has 5 saturated carbocycles. The number of esters is 1. The number of alkyl halides is 1. The third kappa shape index (κ3) is 6.96. The topological polar surface area (TPSA) is 152 Å². The molecule has 10 nitrogen and oxygen atoms in total. The van der Waals surface area contributed by atoms with Crippen LogP contribution in [0.1, 0.15) is 163 Å². The standard InChI is InChI=1S/C50H72IN3O7/c1-28(2)38-34(55)24-49(25-37(56)53-27-43(4,5)54-40(57)33-15-13-29(3)26-52-33)21-19-46(10)30(39(38)49)14-16-35-47(46,11)20-22-50(51)45(8,9)36(17-18-48(35,50)12)61-42(60)32-23-31(41(58)59)44(32,6)7/h13,15,26,28,30-32,35-36H,14,16-25,27H2,1-12H3,(H,53,56)(H,54,57)(H,58,59)/t30-,31+,32-,35+,36+,46-,47-,48-,49+,50-/m1/s1. The van der Waals surface area contributed by atoms with E-state index in [1.54, 1.807) is 12.3 Å². The van der Waals surface area contributed by atoms with Crippen molar-refractivity contribution >= 4 is 52.1 Å². The van der Waals surface area contributed by atoms with E-state index in [9.17, 15) is 29.1 Å². The van der Waals surface area contributed by atoms with Crippen molar-refractivity contribution in [2.24, 2.45) is 62.1 Å². The molecular formula is C50H72IN3O7. The summed E-state index contributed by atoms with van der Waals surface area (Å²) >= 11 is 2.78. The molecule has 0 radical (unpaired) electrons. The molecule has 7 rings (SSSR count). The minimum atomic E-state index is -0.844. The van der Waals surface area contributed by atoms with Crippen molar-refractivity contribution in [3.8, 4) is 0 Å². The average molecular weight is 954 g/mol. The number of carboxylic acids is 1. The second kappa shape index (κ2) is 15.1. The lowest BCUT2D eigenvalue weighted by Crippen LogP contribution is -2.71. The van der Waals surface area contributed by atoms with Gasteiger partial charge in [0.05, 0.1) is 17.4 Å². The van der Waals surface area contributed by atoms with Gasteiger partial charge in [0.25, 0.3) is 5.91 Å². The van der Waals surface area contributed by atoms with E-state index in [4.69, 9.17) is 4.74 Å². The van der Waals surface area contributed by atoms with Crippen LogP contribution >= 0.6 is 22.6 Å². The van der Waals surface area contributed by atoms with Crippen LogP contribution in [0.4, 0.5) is 0 Å². The highest BCUT2D eigenvalue weighted by molar-refractivity contribution is 14.1. The van der Waals surface area contributed by atoms with Crippen molar-refractivity contribution in [1.29, 1.82) is 0 Å². The number of carboxylic acid groups (broad SMARTS) is 1. The maximum atomic E-state index is 14.2. The number of aryl methyl sites for hydroxylation is 1. The van der Waals surface area contributed by atoms with E-state index >= 15 is 0 Å². The number of ether oxygens (including phenoxy) is 1. The zero-order valence-corrected chi connectivity index (χ0v) is 41.1. The predicted octanol–water partition coefficient (Wildman–Crippen LogP) is 9.60. The maximum Gasteiger partial charge on any atom is 0.309 e. The van der Waals surface area contributed by atoms with Crippen molar-refractivity contribution in [2.45, 2.75) is 169 Å². The Morgan fingerprint density at radius 1 is 0.918 bits per heavy atom. The lowest BCUT2D eigenvalue weighted by atomic mass is 9.33. The first-order chi connectivity index (χ1) is 28.1. The summed E-state index contributed by atoms with van der Waals surface area (Å²) in [5.74, 6) is -1.52. The number of aliphatic carboxylic acids is 1. The van der Waals surface area contributed by atoms with Gasteiger partial charge in [0.1, 0.15) is 11.8 Å². The molecule has 6 aliphatic rings. The fourth-order valence-electron chi connectivity index (χ4n) is 14.6. The number of amides is 2. The van der Waals surface area contributed by atoms with E-state index < -0.39 is 34.2 Å². The highest BCUT2D eigenvalue weighted by atomic mass is 127. The summed E-state index contributed by atoms with van der Waals surface area (Å²) < 4.78 is 6.34. The normalized spacial score (nSPS) is 38.6. The van der Waals surface area contributed by atoms with Crippen molar-refractivity contribution in [3.05, 3.63) is 40.7 Å². The highest BCUT2D eigenvalue weighted by Gasteiger charge is 2.74. The minimum absolute atomic E-state index is 0.00951. The van der Waals surface area contributed by atoms with Gasteiger partial charge in [-0.15, -0.1) is 0 Å². The number of rotatable bonds is 10. The number of pyridine rings is 1. The maximum absolute atomic E-state index is 14.2. The van der Waals surface area contributed by atoms with E-state index in [-0.39, 0.29) is 79.6 Å². The Morgan fingerprint density at radius 2 is 1.59 bits per heavy atom. The average Bonchev–Trinajstić information content (AvgIpc) is 3.45. The Hall–Kier alpha value is -2.83. The smallest absolute Gasteiger partial charge is 0.309 e. The molecule has 0 bridgehead atoms. The molecule has 1 heterocycles. The first-order valence-electron chi connectivity index (χ1n) is 23.0. The summed E-state index contributed by atoms with van der Waals surface area (Å²) in [7, 11) is 0. The van der Waals surface area contributed by atoms with Gasteiger partial charge in [-0.3, -0.25) is 29.0 Å². The van der Waals surface area contributed by atoms with Crippen LogP contribution in [0.15, 0.2) is 29.5 Å². The zero-order valence-electron chi connectivity index (χ0n) is 38.9. The summed E-state index contributed by atoms with van der Waals surface area (Å²) in [6.07, 6.45) is 9.92. The molecule has 0 unspecified atom stereocenters. The molecule has 3 N–H and O–H groups in total. The van der Waals surface area contributed by atoms with Crippen LogP contribution in [0, 0.1) is 69.0 Å². The van der Waals surface area contributed by atoms with Crippen LogP contribution in [-0.4, -0.2) is 61.2 Å². The van der Waals surface area contributed by atoms with Crippen molar-refractivity contribution in [2.75, 3.05) is 6.54 Å². The van der Waals surface area contributed by atoms with Gasteiger partial charge in [0, 0.05) is 39.8 Å². The number of Topliss-reactive ketones (excluding diaryl/α,β-unsaturated/α-hetero) is 1. The molecule has 2 amide bonds. The number of nitrogens with one attached hydrogen (secondary N) is 2. The number of fused-ring (bicyclic) bond motifs is 7. The molecule has 0 saturated heterocycles. The summed E-state index contributed by atoms with van der Waals surface area (Å²) in [6.45, 7) is 26.2. The summed E-state index contributed by atoms with van der Waals surface area (Å²) in [6, 6.07) is 3.56. The summed E-state index contributed by atoms with van der Waals surface area (Å²) in [5.41, 5.74) is 1.24. The molecule has 1 aromatic rings. The first kappa shape index (κ1) is 46.2. The van der Waals surface area contributed by atoms with E-state index in [0.717, 1.165) is 62.5 Å². The Bertz CT molecular complexity index is 2040. The number of carbonyl (C=O) groups excluding carboxylic acids is 4. The monoisotopic (exact) mass is 953 g/mol. The third-order valence-electron chi connectivity index (χ3n) is 18.6. The number of hydrogen-bond donors (Lipinski definition) is 3. The first-order valence-corrected chi connectivity index (χ1v) is 24.1. The van der Waals surface area contributed by atoms with Crippen LogP contribution < -0.4 is 10.6 Å². The van der Waals surface area contributed by atoms with E-state index in [1.165, 1.54) is 5.57 Å². The Morgan fingerprint density at radius 3 is 2.20 bits per heavy atom. The van der Waals surface area contributed by atoms with E-state index in [2.05, 4.69) is 86.7 Å². The molecule has 0 aromatic carbocycles. The van der Waals surface area contributed by atoms with Gasteiger partial charge < -0.3 is 20.5 Å². The molecular weight excluding hydrogens is 881 g/mol. The zero-order chi connectivity index (χ0) is 45.1. The number of allylic oxidation sites excluding steroid dienone is 2. The van der Waals surface area contributed by atoms with Crippen molar-refractivity contribution in [3.63, 3.8) is 0 Å². The largest absolute Gasteiger partial charge is 0.481 e. The SMILES string of the molecule is Cc1ccc(C(=O)NC(C)(C)CNC(=O)C[C@@]23CC[C@]4(C)[C@H](CC[C@@H]5[C@@]6(C)CC[C@H](OC(=O)[C@H]7C[C@@H](C(=O)O)C7(C)C)C(C)(C)[C@]6(I)CC[C@]54C)C2=C(C(C)C)C(=O)C3)nc1. The number of aromatic nitrogens is 1. The Balaban J connectivity index is 1.10. The lowest BCUT2D eigenvalue weighted by Gasteiger charge is -2.74. The number of nitrogens with zero attached hydrogens (tertiary/aromatic N) is 1. The minimum Gasteiger partial charge on any atom is -0.481 e. The molecule has 0 spiro atoms. The van der Waals surface area contributed by atoms with Crippen LogP contribution in [0.5, 0.6) is 0 Å². The van der Waals surface area contributed by atoms with Gasteiger partial charge in [-0.05, 0) is 135 Å². The van der Waals surface area contributed by atoms with Crippen LogP contribution in [0.3, 0.4) is 0 Å². The molecule has 11 heteroatoms. The van der Waals surface area contributed by atoms with Crippen LogP contribution in [-0.2, 0) is 23.9 Å². The molecule has 0 aliphatic heterocycles. The number of halogens is 1. The molecule has 10 atom stereocenters. The quantitative estimate of drug-likeness (QED) is 0.119. The Labute approximate surface area is 377 Å². The predicted molar refractivity (Wildman–Crippen MR) is 244 cm³/mol. The van der Waals surface area contributed by atoms with Gasteiger partial charge >= 0.3 is 11.9 Å². The summed E-state index contributed by atoms with van der Waals surface area (Å²) in [4.78, 5) is 71.2. The van der Waals surface area contributed by atoms with Crippen molar-refractivity contribution < 1.29 is 33.8 Å². The van der Waals surface area contributed by atoms with Gasteiger partial charge in [-0.1, -0.05) is 96.5 Å². The molecule has 5 fully saturated rings. The number of hydrogen-bond acceptors (Lipinski definition) is 7.